The van der Waals surface area contributed by atoms with Crippen LogP contribution in [0.1, 0.15) is 36.2 Å². The fraction of sp³-hybridized carbons (Fsp3) is 0.421. The van der Waals surface area contributed by atoms with Crippen molar-refractivity contribution < 1.29 is 9.53 Å². The molecule has 0 aliphatic carbocycles. The Labute approximate surface area is 147 Å². The van der Waals surface area contributed by atoms with E-state index in [9.17, 15) is 4.79 Å². The SMILES string of the molecule is C[C@H](C(=O)N[C@H]1CCOc2ccccc21)N1CCc2cncnc2C1. The first-order valence-electron chi connectivity index (χ1n) is 8.76. The molecule has 130 valence electrons. The summed E-state index contributed by atoms with van der Waals surface area (Å²) < 4.78 is 5.68. The molecule has 0 fully saturated rings. The molecule has 1 aromatic carbocycles. The van der Waals surface area contributed by atoms with E-state index in [-0.39, 0.29) is 18.0 Å². The van der Waals surface area contributed by atoms with Crippen molar-refractivity contribution in [2.75, 3.05) is 13.2 Å². The summed E-state index contributed by atoms with van der Waals surface area (Å²) in [7, 11) is 0. The van der Waals surface area contributed by atoms with E-state index in [1.54, 1.807) is 6.33 Å². The predicted octanol–water partition coefficient (Wildman–Crippen LogP) is 1.86. The van der Waals surface area contributed by atoms with Crippen molar-refractivity contribution in [1.82, 2.24) is 20.2 Å². The average molecular weight is 338 g/mol. The van der Waals surface area contributed by atoms with Crippen LogP contribution in [-0.4, -0.2) is 40.0 Å². The number of nitrogens with zero attached hydrogens (tertiary/aromatic N) is 3. The summed E-state index contributed by atoms with van der Waals surface area (Å²) in [6, 6.07) is 7.74. The standard InChI is InChI=1S/C19H22N4O2/c1-13(23-8-6-14-10-20-12-21-17(14)11-23)19(24)22-16-7-9-25-18-5-3-2-4-15(16)18/h2-5,10,12-13,16H,6-9,11H2,1H3,(H,22,24)/t13-,16+/m1/s1. The number of aromatic nitrogens is 2. The molecule has 0 unspecified atom stereocenters. The lowest BCUT2D eigenvalue weighted by atomic mass is 10.00. The van der Waals surface area contributed by atoms with Gasteiger partial charge in [0.2, 0.25) is 5.91 Å². The minimum absolute atomic E-state index is 0.0132. The minimum Gasteiger partial charge on any atom is -0.493 e. The molecule has 6 heteroatoms. The molecule has 0 spiro atoms. The number of rotatable bonds is 3. The zero-order chi connectivity index (χ0) is 17.2. The molecular weight excluding hydrogens is 316 g/mol. The summed E-state index contributed by atoms with van der Waals surface area (Å²) in [5, 5.41) is 3.20. The van der Waals surface area contributed by atoms with Gasteiger partial charge in [-0.05, 0) is 25.0 Å². The average Bonchev–Trinajstić information content (AvgIpc) is 2.67. The summed E-state index contributed by atoms with van der Waals surface area (Å²) in [5.74, 6) is 0.925. The Hall–Kier alpha value is -2.47. The molecule has 0 bridgehead atoms. The highest BCUT2D eigenvalue weighted by Crippen LogP contribution is 2.31. The first-order chi connectivity index (χ1) is 12.2. The lowest BCUT2D eigenvalue weighted by molar-refractivity contribution is -0.127. The molecule has 0 radical (unpaired) electrons. The second kappa shape index (κ2) is 6.80. The largest absolute Gasteiger partial charge is 0.493 e. The van der Waals surface area contributed by atoms with Crippen LogP contribution in [0.2, 0.25) is 0 Å². The van der Waals surface area contributed by atoms with E-state index < -0.39 is 0 Å². The Kier molecular flexibility index (Phi) is 4.36. The number of amides is 1. The summed E-state index contributed by atoms with van der Waals surface area (Å²) in [4.78, 5) is 23.4. The molecule has 1 aromatic heterocycles. The number of para-hydroxylation sites is 1. The van der Waals surface area contributed by atoms with Crippen molar-refractivity contribution in [3.05, 3.63) is 53.6 Å². The Morgan fingerprint density at radius 2 is 2.28 bits per heavy atom. The van der Waals surface area contributed by atoms with Crippen LogP contribution in [0, 0.1) is 0 Å². The number of fused-ring (bicyclic) bond motifs is 2. The van der Waals surface area contributed by atoms with E-state index >= 15 is 0 Å². The normalized spacial score (nSPS) is 20.8. The Balaban J connectivity index is 1.44. The van der Waals surface area contributed by atoms with Gasteiger partial charge in [-0.1, -0.05) is 18.2 Å². The second-order valence-corrected chi connectivity index (χ2v) is 6.63. The number of hydrogen-bond acceptors (Lipinski definition) is 5. The highest BCUT2D eigenvalue weighted by Gasteiger charge is 2.29. The van der Waals surface area contributed by atoms with Crippen LogP contribution in [0.3, 0.4) is 0 Å². The van der Waals surface area contributed by atoms with Gasteiger partial charge in [0, 0.05) is 31.3 Å². The van der Waals surface area contributed by atoms with Gasteiger partial charge in [0.25, 0.3) is 0 Å². The Bertz CT molecular complexity index is 780. The quantitative estimate of drug-likeness (QED) is 0.925. The van der Waals surface area contributed by atoms with Crippen LogP contribution in [0.4, 0.5) is 0 Å². The van der Waals surface area contributed by atoms with Crippen LogP contribution < -0.4 is 10.1 Å². The van der Waals surface area contributed by atoms with Crippen molar-refractivity contribution in [2.24, 2.45) is 0 Å². The van der Waals surface area contributed by atoms with E-state index in [0.717, 1.165) is 36.4 Å². The smallest absolute Gasteiger partial charge is 0.237 e. The Morgan fingerprint density at radius 3 is 3.20 bits per heavy atom. The number of carbonyl (C=O) groups is 1. The van der Waals surface area contributed by atoms with Crippen molar-refractivity contribution in [1.29, 1.82) is 0 Å². The molecule has 2 atom stereocenters. The number of benzene rings is 1. The summed E-state index contributed by atoms with van der Waals surface area (Å²) in [5.41, 5.74) is 3.27. The zero-order valence-electron chi connectivity index (χ0n) is 14.3. The third-order valence-electron chi connectivity index (χ3n) is 5.10. The highest BCUT2D eigenvalue weighted by atomic mass is 16.5. The molecule has 0 saturated heterocycles. The van der Waals surface area contributed by atoms with Crippen molar-refractivity contribution in [2.45, 2.75) is 38.4 Å². The molecule has 0 saturated carbocycles. The number of nitrogens with one attached hydrogen (secondary N) is 1. The predicted molar refractivity (Wildman–Crippen MR) is 93.0 cm³/mol. The first-order valence-corrected chi connectivity index (χ1v) is 8.76. The van der Waals surface area contributed by atoms with Crippen molar-refractivity contribution in [3.8, 4) is 5.75 Å². The van der Waals surface area contributed by atoms with Gasteiger partial charge in [-0.15, -0.1) is 0 Å². The third kappa shape index (κ3) is 3.22. The second-order valence-electron chi connectivity index (χ2n) is 6.63. The Morgan fingerprint density at radius 1 is 1.40 bits per heavy atom. The van der Waals surface area contributed by atoms with E-state index in [1.165, 1.54) is 5.56 Å². The molecule has 4 rings (SSSR count). The number of ether oxygens (including phenoxy) is 1. The molecule has 2 aliphatic heterocycles. The molecule has 2 aliphatic rings. The van der Waals surface area contributed by atoms with E-state index in [1.807, 2.05) is 37.4 Å². The molecular formula is C19H22N4O2. The fourth-order valence-corrected chi connectivity index (χ4v) is 3.55. The maximum atomic E-state index is 12.8. The monoisotopic (exact) mass is 338 g/mol. The van der Waals surface area contributed by atoms with E-state index in [2.05, 4.69) is 20.2 Å². The van der Waals surface area contributed by atoms with Crippen LogP contribution in [0.25, 0.3) is 0 Å². The first kappa shape index (κ1) is 16.0. The molecule has 6 nitrogen and oxygen atoms in total. The molecule has 1 amide bonds. The van der Waals surface area contributed by atoms with Crippen LogP contribution in [0.15, 0.2) is 36.8 Å². The van der Waals surface area contributed by atoms with Crippen LogP contribution in [0.5, 0.6) is 5.75 Å². The topological polar surface area (TPSA) is 67.3 Å². The molecule has 2 aromatic rings. The van der Waals surface area contributed by atoms with Gasteiger partial charge < -0.3 is 10.1 Å². The molecule has 1 N–H and O–H groups in total. The van der Waals surface area contributed by atoms with Gasteiger partial charge in [-0.25, -0.2) is 9.97 Å². The molecule has 25 heavy (non-hydrogen) atoms. The summed E-state index contributed by atoms with van der Waals surface area (Å²) >= 11 is 0. The number of carbonyl (C=O) groups excluding carboxylic acids is 1. The zero-order valence-corrected chi connectivity index (χ0v) is 14.3. The van der Waals surface area contributed by atoms with Crippen molar-refractivity contribution >= 4 is 5.91 Å². The van der Waals surface area contributed by atoms with Crippen LogP contribution in [-0.2, 0) is 17.8 Å². The summed E-state index contributed by atoms with van der Waals surface area (Å²) in [6.45, 7) is 4.13. The van der Waals surface area contributed by atoms with Gasteiger partial charge in [0.05, 0.1) is 24.4 Å². The molecule has 3 heterocycles. The summed E-state index contributed by atoms with van der Waals surface area (Å²) in [6.07, 6.45) is 5.13. The third-order valence-corrected chi connectivity index (χ3v) is 5.10. The van der Waals surface area contributed by atoms with Crippen LogP contribution >= 0.6 is 0 Å². The lowest BCUT2D eigenvalue weighted by Crippen LogP contribution is -2.48. The van der Waals surface area contributed by atoms with Gasteiger partial charge in [-0.3, -0.25) is 9.69 Å². The number of hydrogen-bond donors (Lipinski definition) is 1. The maximum absolute atomic E-state index is 12.8. The van der Waals surface area contributed by atoms with E-state index in [0.29, 0.717) is 13.2 Å². The van der Waals surface area contributed by atoms with Gasteiger partial charge in [0.15, 0.2) is 0 Å². The fourth-order valence-electron chi connectivity index (χ4n) is 3.55. The van der Waals surface area contributed by atoms with E-state index in [4.69, 9.17) is 4.74 Å². The van der Waals surface area contributed by atoms with Gasteiger partial charge in [-0.2, -0.15) is 0 Å². The minimum atomic E-state index is -0.196. The van der Waals surface area contributed by atoms with Gasteiger partial charge >= 0.3 is 0 Å². The lowest BCUT2D eigenvalue weighted by Gasteiger charge is -2.34. The highest BCUT2D eigenvalue weighted by molar-refractivity contribution is 5.82. The van der Waals surface area contributed by atoms with Gasteiger partial charge in [0.1, 0.15) is 12.1 Å². The maximum Gasteiger partial charge on any atom is 0.237 e. The van der Waals surface area contributed by atoms with Crippen molar-refractivity contribution in [3.63, 3.8) is 0 Å².